The van der Waals surface area contributed by atoms with E-state index in [1.54, 1.807) is 18.2 Å². The maximum Gasteiger partial charge on any atom is 0.255 e. The highest BCUT2D eigenvalue weighted by Crippen LogP contribution is 2.35. The van der Waals surface area contributed by atoms with Gasteiger partial charge in [0.05, 0.1) is 23.0 Å². The molecule has 0 unspecified atom stereocenters. The van der Waals surface area contributed by atoms with Crippen LogP contribution in [0, 0.1) is 5.92 Å². The molecule has 30 heavy (non-hydrogen) atoms. The fourth-order valence-corrected chi connectivity index (χ4v) is 3.84. The fraction of sp³-hybridized carbons (Fsp3) is 0.391. The third-order valence-corrected chi connectivity index (χ3v) is 5.35. The van der Waals surface area contributed by atoms with Crippen LogP contribution in [0.2, 0.25) is 5.02 Å². The monoisotopic (exact) mass is 429 g/mol. The molecule has 6 nitrogen and oxygen atoms in total. The molecule has 0 saturated carbocycles. The average Bonchev–Trinajstić information content (AvgIpc) is 2.74. The molecule has 7 heteroatoms. The molecule has 1 aliphatic heterocycles. The van der Waals surface area contributed by atoms with E-state index >= 15 is 0 Å². The number of nitrogens with one attached hydrogen (secondary N) is 1. The number of ether oxygens (including phenoxy) is 1. The molecule has 0 radical (unpaired) electrons. The van der Waals surface area contributed by atoms with Gasteiger partial charge in [0.2, 0.25) is 5.91 Å². The molecule has 1 aliphatic rings. The number of halogens is 1. The third-order valence-electron chi connectivity index (χ3n) is 5.04. The predicted molar refractivity (Wildman–Crippen MR) is 121 cm³/mol. The normalized spacial score (nSPS) is 14.0. The summed E-state index contributed by atoms with van der Waals surface area (Å²) in [5.74, 6) is 0.576. The number of carbonyl (C=O) groups excluding carboxylic acids is 2. The van der Waals surface area contributed by atoms with Crippen molar-refractivity contribution in [2.45, 2.75) is 20.8 Å². The van der Waals surface area contributed by atoms with Crippen molar-refractivity contribution >= 4 is 34.8 Å². The van der Waals surface area contributed by atoms with E-state index in [-0.39, 0.29) is 17.7 Å². The zero-order chi connectivity index (χ0) is 21.7. The first-order chi connectivity index (χ1) is 14.4. The number of hydrogen-bond donors (Lipinski definition) is 1. The summed E-state index contributed by atoms with van der Waals surface area (Å²) in [7, 11) is 0. The summed E-state index contributed by atoms with van der Waals surface area (Å²) in [5, 5.41) is 3.55. The molecule has 0 spiro atoms. The molecule has 2 amide bonds. The van der Waals surface area contributed by atoms with Gasteiger partial charge in [-0.15, -0.1) is 0 Å². The minimum absolute atomic E-state index is 0.0147. The maximum absolute atomic E-state index is 12.9. The summed E-state index contributed by atoms with van der Waals surface area (Å²) in [4.78, 5) is 29.1. The number of benzene rings is 2. The van der Waals surface area contributed by atoms with Gasteiger partial charge >= 0.3 is 0 Å². The SMILES string of the molecule is CCOc1cccc(C(=O)Nc2cccc(Cl)c2N2CCN(C(=O)C(C)C)CC2)c1. The predicted octanol–water partition coefficient (Wildman–Crippen LogP) is 4.30. The molecule has 0 bridgehead atoms. The highest BCUT2D eigenvalue weighted by Gasteiger charge is 2.25. The first-order valence-corrected chi connectivity index (χ1v) is 10.6. The van der Waals surface area contributed by atoms with E-state index in [0.717, 1.165) is 5.69 Å². The van der Waals surface area contributed by atoms with E-state index < -0.39 is 0 Å². The van der Waals surface area contributed by atoms with E-state index in [1.165, 1.54) is 0 Å². The maximum atomic E-state index is 12.9. The molecule has 0 aliphatic carbocycles. The van der Waals surface area contributed by atoms with E-state index in [9.17, 15) is 9.59 Å². The second-order valence-corrected chi connectivity index (χ2v) is 7.93. The zero-order valence-corrected chi connectivity index (χ0v) is 18.4. The second-order valence-electron chi connectivity index (χ2n) is 7.52. The zero-order valence-electron chi connectivity index (χ0n) is 17.7. The van der Waals surface area contributed by atoms with Crippen LogP contribution in [0.4, 0.5) is 11.4 Å². The van der Waals surface area contributed by atoms with Crippen LogP contribution in [0.15, 0.2) is 42.5 Å². The minimum Gasteiger partial charge on any atom is -0.494 e. The molecule has 1 fully saturated rings. The number of para-hydroxylation sites is 1. The first-order valence-electron chi connectivity index (χ1n) is 10.3. The van der Waals surface area contributed by atoms with Crippen LogP contribution in [0.25, 0.3) is 0 Å². The van der Waals surface area contributed by atoms with Crippen LogP contribution >= 0.6 is 11.6 Å². The van der Waals surface area contributed by atoms with Gasteiger partial charge in [-0.2, -0.15) is 0 Å². The molecule has 0 atom stereocenters. The van der Waals surface area contributed by atoms with Gasteiger partial charge < -0.3 is 19.9 Å². The van der Waals surface area contributed by atoms with Gasteiger partial charge in [0.25, 0.3) is 5.91 Å². The number of rotatable bonds is 6. The van der Waals surface area contributed by atoms with E-state index in [2.05, 4.69) is 10.2 Å². The van der Waals surface area contributed by atoms with Gasteiger partial charge in [-0.1, -0.05) is 37.6 Å². The van der Waals surface area contributed by atoms with Crippen LogP contribution in [0.5, 0.6) is 5.75 Å². The Morgan fingerprint density at radius 2 is 1.80 bits per heavy atom. The van der Waals surface area contributed by atoms with Gasteiger partial charge in [0.15, 0.2) is 0 Å². The summed E-state index contributed by atoms with van der Waals surface area (Å²) in [5.41, 5.74) is 1.95. The van der Waals surface area contributed by atoms with Crippen molar-refractivity contribution in [2.24, 2.45) is 5.92 Å². The van der Waals surface area contributed by atoms with Crippen LogP contribution in [0.3, 0.4) is 0 Å². The fourth-order valence-electron chi connectivity index (χ4n) is 3.54. The van der Waals surface area contributed by atoms with Gasteiger partial charge in [0, 0.05) is 37.7 Å². The Labute approximate surface area is 182 Å². The number of carbonyl (C=O) groups is 2. The van der Waals surface area contributed by atoms with E-state index in [0.29, 0.717) is 54.8 Å². The molecule has 1 heterocycles. The molecule has 0 aromatic heterocycles. The van der Waals surface area contributed by atoms with Crippen LogP contribution in [0.1, 0.15) is 31.1 Å². The van der Waals surface area contributed by atoms with Gasteiger partial charge in [-0.05, 0) is 37.3 Å². The van der Waals surface area contributed by atoms with Crippen molar-refractivity contribution in [3.8, 4) is 5.75 Å². The van der Waals surface area contributed by atoms with Crippen molar-refractivity contribution in [2.75, 3.05) is 43.0 Å². The molecular weight excluding hydrogens is 402 g/mol. The van der Waals surface area contributed by atoms with Gasteiger partial charge in [0.1, 0.15) is 5.75 Å². The Hall–Kier alpha value is -2.73. The summed E-state index contributed by atoms with van der Waals surface area (Å²) in [6.45, 7) is 8.84. The van der Waals surface area contributed by atoms with Crippen molar-refractivity contribution in [1.29, 1.82) is 0 Å². The molecule has 2 aromatic rings. The van der Waals surface area contributed by atoms with Crippen molar-refractivity contribution in [1.82, 2.24) is 4.90 Å². The summed E-state index contributed by atoms with van der Waals surface area (Å²) in [6, 6.07) is 12.6. The van der Waals surface area contributed by atoms with E-state index in [1.807, 2.05) is 49.9 Å². The third kappa shape index (κ3) is 5.05. The van der Waals surface area contributed by atoms with Crippen LogP contribution in [-0.4, -0.2) is 49.5 Å². The lowest BCUT2D eigenvalue weighted by Crippen LogP contribution is -2.50. The summed E-state index contributed by atoms with van der Waals surface area (Å²) >= 11 is 6.51. The topological polar surface area (TPSA) is 61.9 Å². The smallest absolute Gasteiger partial charge is 0.255 e. The van der Waals surface area contributed by atoms with Gasteiger partial charge in [-0.3, -0.25) is 9.59 Å². The Balaban J connectivity index is 1.77. The van der Waals surface area contributed by atoms with Gasteiger partial charge in [-0.25, -0.2) is 0 Å². The van der Waals surface area contributed by atoms with Crippen molar-refractivity contribution in [3.63, 3.8) is 0 Å². The molecule has 3 rings (SSSR count). The molecule has 2 aromatic carbocycles. The van der Waals surface area contributed by atoms with E-state index in [4.69, 9.17) is 16.3 Å². The Morgan fingerprint density at radius 1 is 1.10 bits per heavy atom. The Morgan fingerprint density at radius 3 is 2.47 bits per heavy atom. The number of amides is 2. The molecule has 1 saturated heterocycles. The lowest BCUT2D eigenvalue weighted by Gasteiger charge is -2.38. The standard InChI is InChI=1S/C23H28ClN3O3/c1-4-30-18-8-5-7-17(15-18)22(28)25-20-10-6-9-19(24)21(20)26-11-13-27(14-12-26)23(29)16(2)3/h5-10,15-16H,4,11-14H2,1-3H3,(H,25,28). The lowest BCUT2D eigenvalue weighted by atomic mass is 10.1. The van der Waals surface area contributed by atoms with Crippen LogP contribution < -0.4 is 15.0 Å². The Kier molecular flexibility index (Phi) is 7.21. The van der Waals surface area contributed by atoms with Crippen molar-refractivity contribution < 1.29 is 14.3 Å². The summed E-state index contributed by atoms with van der Waals surface area (Å²) < 4.78 is 5.49. The Bertz CT molecular complexity index is 908. The molecule has 1 N–H and O–H groups in total. The number of anilines is 2. The quantitative estimate of drug-likeness (QED) is 0.743. The first kappa shape index (κ1) is 22.0. The highest BCUT2D eigenvalue weighted by atomic mass is 35.5. The number of hydrogen-bond acceptors (Lipinski definition) is 4. The number of piperazine rings is 1. The molecule has 160 valence electrons. The lowest BCUT2D eigenvalue weighted by molar-refractivity contribution is -0.134. The minimum atomic E-state index is -0.228. The number of nitrogens with zero attached hydrogens (tertiary/aromatic N) is 2. The average molecular weight is 430 g/mol. The largest absolute Gasteiger partial charge is 0.494 e. The van der Waals surface area contributed by atoms with Crippen molar-refractivity contribution in [3.05, 3.63) is 53.1 Å². The van der Waals surface area contributed by atoms with Crippen LogP contribution in [-0.2, 0) is 4.79 Å². The molecular formula is C23H28ClN3O3. The highest BCUT2D eigenvalue weighted by molar-refractivity contribution is 6.34. The second kappa shape index (κ2) is 9.85. The summed E-state index contributed by atoms with van der Waals surface area (Å²) in [6.07, 6.45) is 0.